The zero-order chi connectivity index (χ0) is 34.6. The number of benzene rings is 1. The largest absolute Gasteiger partial charge is 0.461 e. The zero-order valence-corrected chi connectivity index (χ0v) is 29.1. The van der Waals surface area contributed by atoms with E-state index in [0.717, 1.165) is 41.2 Å². The number of unbranched alkanes of at least 4 members (excludes halogenated alkanes) is 1. The van der Waals surface area contributed by atoms with Crippen LogP contribution >= 0.6 is 34.9 Å². The van der Waals surface area contributed by atoms with Gasteiger partial charge in [0, 0.05) is 52.8 Å². The van der Waals surface area contributed by atoms with Crippen molar-refractivity contribution in [2.24, 2.45) is 0 Å². The molecule has 3 aromatic rings. The number of hydrogen-bond acceptors (Lipinski definition) is 16. The summed E-state index contributed by atoms with van der Waals surface area (Å²) in [4.78, 5) is 40.5. The Hall–Kier alpha value is -2.81. The summed E-state index contributed by atoms with van der Waals surface area (Å²) < 4.78 is 13.0. The molecule has 2 heterocycles. The van der Waals surface area contributed by atoms with E-state index in [1.807, 2.05) is 35.7 Å². The smallest absolute Gasteiger partial charge is 0.338 e. The molecule has 3 rings (SSSR count). The van der Waals surface area contributed by atoms with Gasteiger partial charge >= 0.3 is 11.9 Å². The molecule has 4 N–H and O–H groups in total. The van der Waals surface area contributed by atoms with E-state index in [2.05, 4.69) is 21.2 Å². The van der Waals surface area contributed by atoms with Crippen LogP contribution in [0.25, 0.3) is 6.08 Å². The van der Waals surface area contributed by atoms with Gasteiger partial charge in [0.05, 0.1) is 41.4 Å². The molecule has 0 fully saturated rings. The summed E-state index contributed by atoms with van der Waals surface area (Å²) in [5, 5.41) is 35.5. The second-order valence-corrected chi connectivity index (χ2v) is 13.6. The van der Waals surface area contributed by atoms with Gasteiger partial charge in [0.1, 0.15) is 19.0 Å². The molecule has 2 aromatic heterocycles. The van der Waals surface area contributed by atoms with Crippen LogP contribution in [0, 0.1) is 0 Å². The van der Waals surface area contributed by atoms with Gasteiger partial charge in [0.25, 0.3) is 0 Å². The number of nitrogens with zero attached hydrogens (tertiary/aromatic N) is 4. The van der Waals surface area contributed by atoms with Crippen LogP contribution in [0.1, 0.15) is 52.1 Å². The van der Waals surface area contributed by atoms with E-state index in [1.165, 1.54) is 23.5 Å². The topological polar surface area (TPSA) is 176 Å². The van der Waals surface area contributed by atoms with Gasteiger partial charge in [-0.2, -0.15) is 23.5 Å². The van der Waals surface area contributed by atoms with Crippen LogP contribution in [0.4, 0.5) is 0 Å². The first kappa shape index (κ1) is 39.6. The highest BCUT2D eigenvalue weighted by atomic mass is 32.2. The van der Waals surface area contributed by atoms with Crippen LogP contribution in [0.15, 0.2) is 53.5 Å². The molecular weight excluding hydrogens is 685 g/mol. The lowest BCUT2D eigenvalue weighted by atomic mass is 10.1. The van der Waals surface area contributed by atoms with Gasteiger partial charge in [-0.3, -0.25) is 20.8 Å². The molecule has 1 aromatic carbocycles. The summed E-state index contributed by atoms with van der Waals surface area (Å²) in [5.74, 6) is 2.08. The number of ether oxygens (including phenoxy) is 2. The predicted molar refractivity (Wildman–Crippen MR) is 181 cm³/mol. The number of thioether (sulfide) groups is 2. The Balaban J connectivity index is 1.67. The first-order valence-corrected chi connectivity index (χ1v) is 18.4. The predicted octanol–water partition coefficient (Wildman–Crippen LogP) is 5.15. The molecule has 264 valence electrons. The monoisotopic (exact) mass is 726 g/mol. The summed E-state index contributed by atoms with van der Waals surface area (Å²) in [6.07, 6.45) is 6.74. The lowest BCUT2D eigenvalue weighted by Crippen LogP contribution is -2.16. The van der Waals surface area contributed by atoms with Crippen LogP contribution in [0.2, 0.25) is 0 Å². The fourth-order valence-corrected chi connectivity index (χ4v) is 6.20. The number of carbonyl (C=O) groups excluding carboxylic acids is 2. The van der Waals surface area contributed by atoms with Crippen LogP contribution in [0.5, 0.6) is 0 Å². The molecule has 0 bridgehead atoms. The van der Waals surface area contributed by atoms with Crippen LogP contribution < -0.4 is 0 Å². The molecule has 0 aliphatic carbocycles. The maximum absolute atomic E-state index is 13.3. The van der Waals surface area contributed by atoms with Crippen molar-refractivity contribution in [1.29, 1.82) is 0 Å². The average Bonchev–Trinajstić information content (AvgIpc) is 3.72. The first-order chi connectivity index (χ1) is 23.3. The Morgan fingerprint density at radius 1 is 0.917 bits per heavy atom. The summed E-state index contributed by atoms with van der Waals surface area (Å²) in [5.41, 5.74) is 2.64. The molecule has 0 atom stereocenters. The Morgan fingerprint density at radius 2 is 1.56 bits per heavy atom. The van der Waals surface area contributed by atoms with Gasteiger partial charge in [0.2, 0.25) is 0 Å². The number of carbonyl (C=O) groups is 2. The number of thiophene rings is 1. The molecule has 0 spiro atoms. The molecule has 17 heteroatoms. The summed E-state index contributed by atoms with van der Waals surface area (Å²) in [6.45, 7) is 3.20. The number of imidazole rings is 1. The molecule has 48 heavy (non-hydrogen) atoms. The van der Waals surface area contributed by atoms with Gasteiger partial charge in [-0.15, -0.1) is 11.3 Å². The average molecular weight is 727 g/mol. The van der Waals surface area contributed by atoms with Gasteiger partial charge in [-0.05, 0) is 41.6 Å². The number of esters is 2. The van der Waals surface area contributed by atoms with Gasteiger partial charge in [-0.1, -0.05) is 31.5 Å². The molecule has 0 radical (unpaired) electrons. The maximum Gasteiger partial charge on any atom is 0.338 e. The highest BCUT2D eigenvalue weighted by molar-refractivity contribution is 7.99. The molecule has 0 amide bonds. The second-order valence-electron chi connectivity index (χ2n) is 10.1. The third kappa shape index (κ3) is 15.2. The highest BCUT2D eigenvalue weighted by Gasteiger charge is 2.17. The van der Waals surface area contributed by atoms with Crippen molar-refractivity contribution in [2.75, 3.05) is 49.4 Å². The quantitative estimate of drug-likeness (QED) is 0.0412. The molecule has 14 nitrogen and oxygen atoms in total. The van der Waals surface area contributed by atoms with E-state index in [-0.39, 0.29) is 37.2 Å². The standard InChI is InChI=1S/C31H42N4O10S3/c1-2-3-6-29-32-22-27(20-26(21-28-5-4-15-48-28)31(37)43-12-17-47-19-14-45-35(40)41)33(29)23-24-7-9-25(10-8-24)30(36)42-11-16-46-18-13-44-34(38)39/h4-5,7-10,15,20,22,38-41H,2-3,6,11-14,16-19,21,23H2,1H3/b26-20+. The van der Waals surface area contributed by atoms with Crippen molar-refractivity contribution in [2.45, 2.75) is 39.2 Å². The Kier molecular flexibility index (Phi) is 18.8. The van der Waals surface area contributed by atoms with Crippen molar-refractivity contribution in [3.63, 3.8) is 0 Å². The number of rotatable bonds is 24. The van der Waals surface area contributed by atoms with Crippen LogP contribution in [0.3, 0.4) is 0 Å². The molecule has 0 unspecified atom stereocenters. The normalized spacial score (nSPS) is 11.9. The second kappa shape index (κ2) is 22.8. The SMILES string of the molecule is CCCCc1ncc(/C=C(\Cc2cccs2)C(=O)OCCSCCON(O)O)n1Cc1ccc(C(=O)OCCSCCON(O)O)cc1. The molecule has 0 saturated heterocycles. The fourth-order valence-electron chi connectivity index (χ4n) is 4.27. The summed E-state index contributed by atoms with van der Waals surface area (Å²) in [7, 11) is 0. The van der Waals surface area contributed by atoms with Crippen molar-refractivity contribution in [3.05, 3.63) is 81.1 Å². The third-order valence-corrected chi connectivity index (χ3v) is 9.27. The Labute approximate surface area is 291 Å². The van der Waals surface area contributed by atoms with Crippen molar-refractivity contribution >= 4 is 52.9 Å². The van der Waals surface area contributed by atoms with Crippen molar-refractivity contribution in [3.8, 4) is 0 Å². The highest BCUT2D eigenvalue weighted by Crippen LogP contribution is 2.21. The van der Waals surface area contributed by atoms with E-state index in [4.69, 9.17) is 35.3 Å². The Bertz CT molecular complexity index is 1390. The van der Waals surface area contributed by atoms with E-state index in [9.17, 15) is 9.59 Å². The maximum atomic E-state index is 13.3. The van der Waals surface area contributed by atoms with E-state index in [1.54, 1.807) is 29.7 Å². The number of aromatic nitrogens is 2. The Morgan fingerprint density at radius 3 is 2.17 bits per heavy atom. The van der Waals surface area contributed by atoms with E-state index < -0.39 is 11.9 Å². The van der Waals surface area contributed by atoms with Crippen molar-refractivity contribution < 1.29 is 49.6 Å². The minimum Gasteiger partial charge on any atom is -0.461 e. The third-order valence-electron chi connectivity index (χ3n) is 6.57. The molecule has 0 aliphatic heterocycles. The lowest BCUT2D eigenvalue weighted by molar-refractivity contribution is -0.491. The lowest BCUT2D eigenvalue weighted by Gasteiger charge is -2.13. The van der Waals surface area contributed by atoms with Crippen LogP contribution in [-0.2, 0) is 43.3 Å². The summed E-state index contributed by atoms with van der Waals surface area (Å²) in [6, 6.07) is 11.1. The van der Waals surface area contributed by atoms with Gasteiger partial charge in [0.15, 0.2) is 0 Å². The van der Waals surface area contributed by atoms with E-state index in [0.29, 0.717) is 47.1 Å². The van der Waals surface area contributed by atoms with Crippen molar-refractivity contribution in [1.82, 2.24) is 20.3 Å². The minimum atomic E-state index is -0.435. The van der Waals surface area contributed by atoms with E-state index >= 15 is 0 Å². The zero-order valence-electron chi connectivity index (χ0n) is 26.6. The fraction of sp³-hybridized carbons (Fsp3) is 0.452. The number of aryl methyl sites for hydroxylation is 1. The first-order valence-electron chi connectivity index (χ1n) is 15.2. The summed E-state index contributed by atoms with van der Waals surface area (Å²) >= 11 is 4.46. The molecule has 0 saturated carbocycles. The number of hydrogen-bond donors (Lipinski definition) is 4. The molecular formula is C31H42N4O10S3. The minimum absolute atomic E-state index is 0.0990. The van der Waals surface area contributed by atoms with Crippen LogP contribution in [-0.4, -0.2) is 103 Å². The van der Waals surface area contributed by atoms with Gasteiger partial charge in [-0.25, -0.2) is 24.2 Å². The van der Waals surface area contributed by atoms with Gasteiger partial charge < -0.3 is 14.0 Å². The molecule has 0 aliphatic rings.